The highest BCUT2D eigenvalue weighted by molar-refractivity contribution is 14.1. The Morgan fingerprint density at radius 1 is 0.940 bits per heavy atom. The van der Waals surface area contributed by atoms with Gasteiger partial charge in [-0.05, 0) is 84.6 Å². The van der Waals surface area contributed by atoms with Crippen molar-refractivity contribution in [3.05, 3.63) is 12.7 Å². The summed E-state index contributed by atoms with van der Waals surface area (Å²) < 4.78 is 58.9. The predicted octanol–water partition coefficient (Wildman–Crippen LogP) is 4.42. The topological polar surface area (TPSA) is 227 Å². The van der Waals surface area contributed by atoms with Crippen LogP contribution in [0, 0.1) is 29.6 Å². The van der Waals surface area contributed by atoms with E-state index in [9.17, 15) is 14.7 Å². The summed E-state index contributed by atoms with van der Waals surface area (Å²) in [4.78, 5) is 58.9. The molecule has 0 bridgehead atoms. The van der Waals surface area contributed by atoms with Crippen molar-refractivity contribution >= 4 is 69.1 Å². The van der Waals surface area contributed by atoms with Gasteiger partial charge in [0.2, 0.25) is 0 Å². The van der Waals surface area contributed by atoms with E-state index < -0.39 is 105 Å². The van der Waals surface area contributed by atoms with Gasteiger partial charge in [0.15, 0.2) is 33.8 Å². The zero-order chi connectivity index (χ0) is 49.5. The van der Waals surface area contributed by atoms with Gasteiger partial charge in [0, 0.05) is 70.1 Å². The van der Waals surface area contributed by atoms with Crippen LogP contribution in [0.5, 0.6) is 0 Å². The number of imidazole rings is 1. The number of halogens is 1. The molecule has 0 spiro atoms. The number of nitrogen functional groups attached to an aromatic ring is 1. The zero-order valence-corrected chi connectivity index (χ0v) is 44.3. The number of methoxy groups -OCH3 is 3. The number of aryl methyl sites for hydroxylation is 1. The summed E-state index contributed by atoms with van der Waals surface area (Å²) in [5, 5.41) is 10.3. The van der Waals surface area contributed by atoms with Crippen LogP contribution in [0.3, 0.4) is 0 Å². The Hall–Kier alpha value is -2.32. The SMILES string of the molecule is CO[C@@H]1C[C@@H](C)O[C@@H](O[C@@H]2[C@@H](C)[C@H](O[C@H]3C[C@@](C)(OC)[C@@H](O)[C@H](C)O3)[C@@H](C)C(=O)O[C@H](I)[C@@]3(C)OC(=O)[C@@H](SCCn4cnc5c(N)ncnc54)[C@@H]3[C@@H](C)C(=O)[C@H](C)C[C@@]2(C)OC)[C@H]1N(C)C. The number of fused-ring (bicyclic) bond motifs is 2. The van der Waals surface area contributed by atoms with Crippen LogP contribution in [0.2, 0.25) is 0 Å². The number of nitrogens with zero attached hydrogens (tertiary/aromatic N) is 5. The minimum absolute atomic E-state index is 0.120. The maximum atomic E-state index is 15.1. The molecule has 378 valence electrons. The van der Waals surface area contributed by atoms with Crippen molar-refractivity contribution in [3.63, 3.8) is 0 Å². The second kappa shape index (κ2) is 21.6. The number of hydrogen-bond acceptors (Lipinski definition) is 19. The number of cyclic esters (lactones) is 1. The van der Waals surface area contributed by atoms with Crippen LogP contribution >= 0.6 is 34.4 Å². The maximum Gasteiger partial charge on any atom is 0.320 e. The van der Waals surface area contributed by atoms with Gasteiger partial charge in [-0.3, -0.25) is 19.3 Å². The number of anilines is 1. The summed E-state index contributed by atoms with van der Waals surface area (Å²) >= 11 is 3.38. The molecule has 0 saturated carbocycles. The Bertz CT molecular complexity index is 2060. The van der Waals surface area contributed by atoms with Gasteiger partial charge in [0.1, 0.15) is 29.0 Å². The van der Waals surface area contributed by atoms with Gasteiger partial charge in [-0.1, -0.05) is 20.8 Å². The molecular formula is C46H73IN6O13S. The van der Waals surface area contributed by atoms with Gasteiger partial charge in [-0.2, -0.15) is 0 Å². The van der Waals surface area contributed by atoms with E-state index >= 15 is 4.79 Å². The van der Waals surface area contributed by atoms with Gasteiger partial charge >= 0.3 is 11.9 Å². The fourth-order valence-corrected chi connectivity index (χ4v) is 13.2. The third-order valence-corrected chi connectivity index (χ3v) is 17.7. The highest BCUT2D eigenvalue weighted by Gasteiger charge is 2.62. The van der Waals surface area contributed by atoms with E-state index in [0.717, 1.165) is 0 Å². The Morgan fingerprint density at radius 2 is 1.63 bits per heavy atom. The highest BCUT2D eigenvalue weighted by atomic mass is 127. The molecule has 4 aliphatic heterocycles. The smallest absolute Gasteiger partial charge is 0.320 e. The Balaban J connectivity index is 1.41. The van der Waals surface area contributed by atoms with E-state index in [0.29, 0.717) is 29.9 Å². The molecular weight excluding hydrogens is 1000 g/mol. The molecule has 6 rings (SSSR count). The first-order chi connectivity index (χ1) is 31.4. The summed E-state index contributed by atoms with van der Waals surface area (Å²) in [7, 11) is 8.67. The lowest BCUT2D eigenvalue weighted by atomic mass is 9.72. The Morgan fingerprint density at radius 3 is 2.27 bits per heavy atom. The molecule has 0 amide bonds. The molecule has 6 heterocycles. The van der Waals surface area contributed by atoms with E-state index in [2.05, 4.69) is 15.0 Å². The molecule has 2 aromatic rings. The second-order valence-corrected chi connectivity index (χ2v) is 22.3. The van der Waals surface area contributed by atoms with Crippen LogP contribution in [-0.4, -0.2) is 170 Å². The van der Waals surface area contributed by atoms with Crippen LogP contribution in [0.4, 0.5) is 5.82 Å². The first-order valence-electron chi connectivity index (χ1n) is 23.2. The van der Waals surface area contributed by atoms with E-state index in [-0.39, 0.29) is 42.7 Å². The van der Waals surface area contributed by atoms with E-state index in [4.69, 9.17) is 48.4 Å². The number of Topliss-reactive ketones (excluding diaryl/α,β-unsaturated/α-hetero) is 1. The third-order valence-electron chi connectivity index (χ3n) is 14.9. The molecule has 0 radical (unpaired) electrons. The number of nitrogens with two attached hydrogens (primary N) is 1. The van der Waals surface area contributed by atoms with Crippen LogP contribution in [0.25, 0.3) is 11.2 Å². The molecule has 21 heteroatoms. The van der Waals surface area contributed by atoms with Gasteiger partial charge in [0.05, 0.1) is 60.0 Å². The molecule has 4 fully saturated rings. The molecule has 0 unspecified atom stereocenters. The number of aliphatic hydroxyl groups excluding tert-OH is 1. The zero-order valence-electron chi connectivity index (χ0n) is 41.4. The number of thioether (sulfide) groups is 1. The summed E-state index contributed by atoms with van der Waals surface area (Å²) in [5.74, 6) is -4.31. The number of esters is 2. The summed E-state index contributed by atoms with van der Waals surface area (Å²) in [5.41, 5.74) is 3.41. The number of rotatable bonds is 12. The van der Waals surface area contributed by atoms with Crippen molar-refractivity contribution in [1.29, 1.82) is 0 Å². The highest BCUT2D eigenvalue weighted by Crippen LogP contribution is 2.50. The lowest BCUT2D eigenvalue weighted by molar-refractivity contribution is -0.316. The van der Waals surface area contributed by atoms with Crippen molar-refractivity contribution in [3.8, 4) is 0 Å². The lowest BCUT2D eigenvalue weighted by Crippen LogP contribution is -2.62. The second-order valence-electron chi connectivity index (χ2n) is 19.9. The van der Waals surface area contributed by atoms with Gasteiger partial charge in [-0.15, -0.1) is 11.8 Å². The van der Waals surface area contributed by atoms with Crippen molar-refractivity contribution in [2.75, 3.05) is 46.9 Å². The van der Waals surface area contributed by atoms with E-state index in [1.807, 2.05) is 80.8 Å². The van der Waals surface area contributed by atoms with Gasteiger partial charge < -0.3 is 58.0 Å². The number of ether oxygens (including phenoxy) is 9. The quantitative estimate of drug-likeness (QED) is 0.170. The van der Waals surface area contributed by atoms with E-state index in [1.165, 1.54) is 25.2 Å². The number of aromatic nitrogens is 4. The molecule has 0 aliphatic carbocycles. The van der Waals surface area contributed by atoms with Crippen molar-refractivity contribution in [2.45, 2.75) is 170 Å². The minimum atomic E-state index is -1.42. The van der Waals surface area contributed by atoms with Crippen LogP contribution < -0.4 is 5.73 Å². The summed E-state index contributed by atoms with van der Waals surface area (Å²) in [6.07, 6.45) is -1.78. The third kappa shape index (κ3) is 10.8. The van der Waals surface area contributed by atoms with Crippen molar-refractivity contribution in [1.82, 2.24) is 24.4 Å². The maximum absolute atomic E-state index is 15.1. The number of aliphatic hydroxyl groups is 1. The minimum Gasteiger partial charge on any atom is -0.453 e. The van der Waals surface area contributed by atoms with Gasteiger partial charge in [0.25, 0.3) is 0 Å². The molecule has 19 atom stereocenters. The fraction of sp³-hybridized carbons (Fsp3) is 0.826. The van der Waals surface area contributed by atoms with Crippen molar-refractivity contribution in [2.24, 2.45) is 29.6 Å². The summed E-state index contributed by atoms with van der Waals surface area (Å²) in [6, 6.07) is -0.347. The average Bonchev–Trinajstić information content (AvgIpc) is 3.82. The number of carbonyl (C=O) groups excluding carboxylic acids is 3. The van der Waals surface area contributed by atoms with Crippen molar-refractivity contribution < 1.29 is 62.1 Å². The number of alkyl halides is 1. The van der Waals surface area contributed by atoms with Crippen LogP contribution in [0.15, 0.2) is 12.7 Å². The molecule has 0 aromatic carbocycles. The number of hydrogen-bond donors (Lipinski definition) is 2. The normalized spacial score (nSPS) is 42.6. The Kier molecular flexibility index (Phi) is 17.4. The molecule has 19 nitrogen and oxygen atoms in total. The average molecular weight is 1080 g/mol. The standard InChI is InChI=1S/C46H73IN6O13S/c1-22-18-45(8,60-14)37(64-42-32(52(10)11)28(58-12)17-23(2)61-42)25(4)34(63-29-19-44(7,59-13)36(55)27(6)62-29)26(5)40(56)65-43(47)46(9)30(24(3)33(22)54)35(41(57)66-46)67-16-15-53-21-51-31-38(48)49-20-50-39(31)53/h20-30,32,34-37,42-43,55H,15-19H2,1-14H3,(H2,48,49,50)/t22-,23-,24-,25+,26-,27+,28-,29+,30+,32+,34+,35+,36+,37-,42+,43+,44-,45-,46+/m1/s1. The molecule has 2 aromatic heterocycles. The number of ketones is 1. The number of carbonyl (C=O) groups is 3. The summed E-state index contributed by atoms with van der Waals surface area (Å²) in [6.45, 7) is 16.9. The van der Waals surface area contributed by atoms with Crippen LogP contribution in [0.1, 0.15) is 81.6 Å². The monoisotopic (exact) mass is 1080 g/mol. The van der Waals surface area contributed by atoms with Crippen LogP contribution in [-0.2, 0) is 63.6 Å². The largest absolute Gasteiger partial charge is 0.453 e. The fourth-order valence-electron chi connectivity index (χ4n) is 10.9. The predicted molar refractivity (Wildman–Crippen MR) is 257 cm³/mol. The Labute approximate surface area is 412 Å². The van der Waals surface area contributed by atoms with E-state index in [1.54, 1.807) is 48.2 Å². The first kappa shape index (κ1) is 54.0. The molecule has 4 aliphatic rings. The van der Waals surface area contributed by atoms with Gasteiger partial charge in [-0.25, -0.2) is 15.0 Å². The lowest BCUT2D eigenvalue weighted by Gasteiger charge is -2.50. The molecule has 3 N–H and O–H groups in total. The first-order valence-corrected chi connectivity index (χ1v) is 25.5. The molecule has 67 heavy (non-hydrogen) atoms. The molecule has 4 saturated heterocycles. The number of likely N-dealkylation sites (N-methyl/N-ethyl adjacent to an activating group) is 1.